The van der Waals surface area contributed by atoms with Crippen LogP contribution in [0, 0.1) is 17.3 Å². The third-order valence-electron chi connectivity index (χ3n) is 3.73. The first kappa shape index (κ1) is 7.56. The van der Waals surface area contributed by atoms with Crippen LogP contribution in [0.4, 0.5) is 0 Å². The van der Waals surface area contributed by atoms with Crippen LogP contribution < -0.4 is 0 Å². The Kier molecular flexibility index (Phi) is 1.69. The summed E-state index contributed by atoms with van der Waals surface area (Å²) in [5.41, 5.74) is -0.0943. The average Bonchev–Trinajstić information content (AvgIpc) is 2.62. The molecule has 2 fully saturated rings. The zero-order valence-corrected chi connectivity index (χ0v) is 6.79. The maximum atomic E-state index is 9.18. The molecule has 0 spiro atoms. The van der Waals surface area contributed by atoms with E-state index < -0.39 is 0 Å². The molecule has 2 rings (SSSR count). The lowest BCUT2D eigenvalue weighted by atomic mass is 9.74. The van der Waals surface area contributed by atoms with Gasteiger partial charge < -0.3 is 10.2 Å². The summed E-state index contributed by atoms with van der Waals surface area (Å²) in [6.07, 6.45) is 4.87. The standard InChI is InChI=1S/C9H16O2/c10-5-9(6-11)4-7-1-2-8(9)3-7/h7-8,10-11H,1-6H2/t7-,8-/m0/s1. The summed E-state index contributed by atoms with van der Waals surface area (Å²) < 4.78 is 0. The molecule has 64 valence electrons. The molecule has 2 bridgehead atoms. The lowest BCUT2D eigenvalue weighted by Gasteiger charge is -2.33. The molecule has 0 aliphatic heterocycles. The van der Waals surface area contributed by atoms with Gasteiger partial charge in [-0.3, -0.25) is 0 Å². The van der Waals surface area contributed by atoms with Crippen LogP contribution >= 0.6 is 0 Å². The maximum Gasteiger partial charge on any atom is 0.0512 e. The van der Waals surface area contributed by atoms with Crippen molar-refractivity contribution in [2.75, 3.05) is 13.2 Å². The molecule has 0 radical (unpaired) electrons. The molecule has 2 aliphatic rings. The van der Waals surface area contributed by atoms with E-state index in [0.717, 1.165) is 12.3 Å². The predicted molar refractivity (Wildman–Crippen MR) is 42.1 cm³/mol. The van der Waals surface area contributed by atoms with Gasteiger partial charge in [0.05, 0.1) is 13.2 Å². The molecule has 2 atom stereocenters. The fourth-order valence-corrected chi connectivity index (χ4v) is 3.00. The van der Waals surface area contributed by atoms with Crippen molar-refractivity contribution in [3.63, 3.8) is 0 Å². The first-order valence-corrected chi connectivity index (χ1v) is 4.52. The fourth-order valence-electron chi connectivity index (χ4n) is 3.00. The number of hydrogen-bond acceptors (Lipinski definition) is 2. The van der Waals surface area contributed by atoms with Crippen LogP contribution in [0.2, 0.25) is 0 Å². The Hall–Kier alpha value is -0.0800. The van der Waals surface area contributed by atoms with Gasteiger partial charge in [0.2, 0.25) is 0 Å². The Bertz CT molecular complexity index is 152. The van der Waals surface area contributed by atoms with E-state index in [2.05, 4.69) is 0 Å². The zero-order chi connectivity index (χ0) is 7.90. The van der Waals surface area contributed by atoms with E-state index in [1.165, 1.54) is 19.3 Å². The summed E-state index contributed by atoms with van der Waals surface area (Å²) in [4.78, 5) is 0. The summed E-state index contributed by atoms with van der Waals surface area (Å²) >= 11 is 0. The largest absolute Gasteiger partial charge is 0.396 e. The predicted octanol–water partition coefficient (Wildman–Crippen LogP) is 0.777. The molecule has 2 aliphatic carbocycles. The topological polar surface area (TPSA) is 40.5 Å². The molecule has 0 aromatic rings. The van der Waals surface area contributed by atoms with Gasteiger partial charge >= 0.3 is 0 Å². The van der Waals surface area contributed by atoms with Crippen LogP contribution in [-0.2, 0) is 0 Å². The monoisotopic (exact) mass is 156 g/mol. The van der Waals surface area contributed by atoms with E-state index in [4.69, 9.17) is 0 Å². The molecule has 0 saturated heterocycles. The molecular weight excluding hydrogens is 140 g/mol. The van der Waals surface area contributed by atoms with Crippen molar-refractivity contribution >= 4 is 0 Å². The van der Waals surface area contributed by atoms with Crippen molar-refractivity contribution in [2.24, 2.45) is 17.3 Å². The number of fused-ring (bicyclic) bond motifs is 2. The van der Waals surface area contributed by atoms with Gasteiger partial charge in [0.1, 0.15) is 0 Å². The molecule has 11 heavy (non-hydrogen) atoms. The van der Waals surface area contributed by atoms with Crippen molar-refractivity contribution in [3.05, 3.63) is 0 Å². The van der Waals surface area contributed by atoms with Crippen LogP contribution in [0.5, 0.6) is 0 Å². The Labute approximate surface area is 67.2 Å². The van der Waals surface area contributed by atoms with Gasteiger partial charge in [0.25, 0.3) is 0 Å². The third kappa shape index (κ3) is 0.926. The van der Waals surface area contributed by atoms with Gasteiger partial charge in [-0.25, -0.2) is 0 Å². The highest BCUT2D eigenvalue weighted by molar-refractivity contribution is 4.99. The van der Waals surface area contributed by atoms with Gasteiger partial charge in [0.15, 0.2) is 0 Å². The fraction of sp³-hybridized carbons (Fsp3) is 1.00. The summed E-state index contributed by atoms with van der Waals surface area (Å²) in [5, 5.41) is 18.4. The summed E-state index contributed by atoms with van der Waals surface area (Å²) in [7, 11) is 0. The Morgan fingerprint density at radius 2 is 1.91 bits per heavy atom. The quantitative estimate of drug-likeness (QED) is 0.620. The molecule has 0 aromatic carbocycles. The smallest absolute Gasteiger partial charge is 0.0512 e. The van der Waals surface area contributed by atoms with Gasteiger partial charge in [-0.15, -0.1) is 0 Å². The van der Waals surface area contributed by atoms with Gasteiger partial charge in [-0.05, 0) is 31.1 Å². The normalized spacial score (nSPS) is 39.8. The van der Waals surface area contributed by atoms with E-state index in [0.29, 0.717) is 5.92 Å². The molecule has 0 heterocycles. The summed E-state index contributed by atoms with van der Waals surface area (Å²) in [6.45, 7) is 0.370. The third-order valence-corrected chi connectivity index (χ3v) is 3.73. The molecule has 2 N–H and O–H groups in total. The molecule has 2 heteroatoms. The highest BCUT2D eigenvalue weighted by Crippen LogP contribution is 2.55. The summed E-state index contributed by atoms with van der Waals surface area (Å²) in [5.74, 6) is 1.42. The van der Waals surface area contributed by atoms with E-state index in [-0.39, 0.29) is 18.6 Å². The number of hydrogen-bond donors (Lipinski definition) is 2. The van der Waals surface area contributed by atoms with Gasteiger partial charge in [-0.2, -0.15) is 0 Å². The van der Waals surface area contributed by atoms with Crippen molar-refractivity contribution in [2.45, 2.75) is 25.7 Å². The van der Waals surface area contributed by atoms with Gasteiger partial charge in [-0.1, -0.05) is 6.42 Å². The van der Waals surface area contributed by atoms with Crippen LogP contribution in [0.3, 0.4) is 0 Å². The number of aliphatic hydroxyl groups excluding tert-OH is 2. The number of aliphatic hydroxyl groups is 2. The van der Waals surface area contributed by atoms with Crippen LogP contribution in [-0.4, -0.2) is 23.4 Å². The minimum Gasteiger partial charge on any atom is -0.396 e. The van der Waals surface area contributed by atoms with E-state index in [1.807, 2.05) is 0 Å². The molecule has 0 unspecified atom stereocenters. The van der Waals surface area contributed by atoms with E-state index in [9.17, 15) is 10.2 Å². The first-order chi connectivity index (χ1) is 5.30. The van der Waals surface area contributed by atoms with E-state index >= 15 is 0 Å². The lowest BCUT2D eigenvalue weighted by Crippen LogP contribution is -2.35. The van der Waals surface area contributed by atoms with Crippen LogP contribution in [0.25, 0.3) is 0 Å². The second-order valence-electron chi connectivity index (χ2n) is 4.26. The highest BCUT2D eigenvalue weighted by atomic mass is 16.3. The Morgan fingerprint density at radius 1 is 1.18 bits per heavy atom. The van der Waals surface area contributed by atoms with Crippen molar-refractivity contribution in [3.8, 4) is 0 Å². The zero-order valence-electron chi connectivity index (χ0n) is 6.79. The van der Waals surface area contributed by atoms with E-state index in [1.54, 1.807) is 0 Å². The average molecular weight is 156 g/mol. The Balaban J connectivity index is 2.14. The number of rotatable bonds is 2. The Morgan fingerprint density at radius 3 is 2.18 bits per heavy atom. The van der Waals surface area contributed by atoms with Gasteiger partial charge in [0, 0.05) is 5.41 Å². The summed E-state index contributed by atoms with van der Waals surface area (Å²) in [6, 6.07) is 0. The SMILES string of the molecule is OCC1(CO)C[C@H]2CC[C@H]1C2. The van der Waals surface area contributed by atoms with Crippen LogP contribution in [0.15, 0.2) is 0 Å². The second kappa shape index (κ2) is 2.46. The molecule has 2 nitrogen and oxygen atoms in total. The second-order valence-corrected chi connectivity index (χ2v) is 4.26. The molecule has 0 aromatic heterocycles. The molecular formula is C9H16O2. The molecule has 0 amide bonds. The highest BCUT2D eigenvalue weighted by Gasteiger charge is 2.49. The maximum absolute atomic E-state index is 9.18. The molecule has 2 saturated carbocycles. The van der Waals surface area contributed by atoms with Crippen molar-refractivity contribution < 1.29 is 10.2 Å². The lowest BCUT2D eigenvalue weighted by molar-refractivity contribution is 0.00864. The van der Waals surface area contributed by atoms with Crippen molar-refractivity contribution in [1.29, 1.82) is 0 Å². The first-order valence-electron chi connectivity index (χ1n) is 4.52. The minimum absolute atomic E-state index is 0.0943. The van der Waals surface area contributed by atoms with Crippen LogP contribution in [0.1, 0.15) is 25.7 Å². The minimum atomic E-state index is -0.0943. The van der Waals surface area contributed by atoms with Crippen molar-refractivity contribution in [1.82, 2.24) is 0 Å².